The maximum Gasteiger partial charge on any atom is 0.418 e. The first-order valence-corrected chi connectivity index (χ1v) is 12.9. The van der Waals surface area contributed by atoms with Gasteiger partial charge in [0.25, 0.3) is 0 Å². The number of alkyl halides is 3. The van der Waals surface area contributed by atoms with Gasteiger partial charge >= 0.3 is 6.18 Å². The van der Waals surface area contributed by atoms with Gasteiger partial charge in [0.1, 0.15) is 22.6 Å². The van der Waals surface area contributed by atoms with Crippen molar-refractivity contribution < 1.29 is 27.4 Å². The lowest BCUT2D eigenvalue weighted by molar-refractivity contribution is -0.137. The van der Waals surface area contributed by atoms with E-state index in [9.17, 15) is 13.2 Å². The lowest BCUT2D eigenvalue weighted by Crippen LogP contribution is -2.13. The Kier molecular flexibility index (Phi) is 8.49. The van der Waals surface area contributed by atoms with Crippen LogP contribution in [0.2, 0.25) is 0 Å². The monoisotopic (exact) mass is 541 g/mol. The van der Waals surface area contributed by atoms with Crippen LogP contribution in [-0.2, 0) is 23.9 Å². The van der Waals surface area contributed by atoms with E-state index >= 15 is 0 Å². The summed E-state index contributed by atoms with van der Waals surface area (Å²) in [5.41, 5.74) is 1.74. The quantitative estimate of drug-likeness (QED) is 0.211. The molecule has 9 heteroatoms. The molecule has 4 rings (SSSR count). The summed E-state index contributed by atoms with van der Waals surface area (Å²) in [5.74, 6) is 1.35. The molecule has 208 valence electrons. The molecule has 2 heterocycles. The molecule has 0 N–H and O–H groups in total. The van der Waals surface area contributed by atoms with Gasteiger partial charge in [0, 0.05) is 37.4 Å². The van der Waals surface area contributed by atoms with E-state index in [1.54, 1.807) is 30.0 Å². The van der Waals surface area contributed by atoms with Crippen molar-refractivity contribution >= 4 is 11.0 Å². The molecule has 6 nitrogen and oxygen atoms in total. The third kappa shape index (κ3) is 6.03. The summed E-state index contributed by atoms with van der Waals surface area (Å²) in [6.45, 7) is 8.46. The number of hydrogen-bond donors (Lipinski definition) is 0. The van der Waals surface area contributed by atoms with Crippen LogP contribution < -0.4 is 9.47 Å². The number of halogens is 3. The van der Waals surface area contributed by atoms with Gasteiger partial charge in [0.05, 0.1) is 25.4 Å². The van der Waals surface area contributed by atoms with Crippen molar-refractivity contribution in [1.82, 2.24) is 14.5 Å². The number of aromatic nitrogens is 3. The Bertz CT molecular complexity index is 1430. The fraction of sp³-hybridized carbons (Fsp3) is 0.400. The van der Waals surface area contributed by atoms with E-state index in [0.29, 0.717) is 47.7 Å². The maximum atomic E-state index is 14.8. The molecule has 2 aromatic carbocycles. The van der Waals surface area contributed by atoms with E-state index < -0.39 is 11.7 Å². The third-order valence-electron chi connectivity index (χ3n) is 6.50. The van der Waals surface area contributed by atoms with Crippen molar-refractivity contribution in [2.75, 3.05) is 20.8 Å². The van der Waals surface area contributed by atoms with Gasteiger partial charge in [0.15, 0.2) is 0 Å². The molecule has 0 aliphatic carbocycles. The first-order chi connectivity index (χ1) is 18.5. The number of rotatable bonds is 10. The molecular formula is C30H34F3N3O3. The second-order valence-corrected chi connectivity index (χ2v) is 9.98. The number of benzene rings is 2. The molecule has 2 aromatic heterocycles. The molecule has 0 atom stereocenters. The third-order valence-corrected chi connectivity index (χ3v) is 6.50. The summed E-state index contributed by atoms with van der Waals surface area (Å²) in [7, 11) is 3.01. The predicted octanol–water partition coefficient (Wildman–Crippen LogP) is 7.27. The van der Waals surface area contributed by atoms with Crippen molar-refractivity contribution in [3.8, 4) is 23.0 Å². The van der Waals surface area contributed by atoms with Crippen molar-refractivity contribution in [3.63, 3.8) is 0 Å². The number of fused-ring (bicyclic) bond motifs is 1. The number of nitrogens with zero attached hydrogens (tertiary/aromatic N) is 3. The average molecular weight is 542 g/mol. The van der Waals surface area contributed by atoms with Crippen molar-refractivity contribution in [2.45, 2.75) is 58.9 Å². The number of pyridine rings is 1. The molecule has 0 unspecified atom stereocenters. The highest BCUT2D eigenvalue weighted by atomic mass is 19.4. The average Bonchev–Trinajstić information content (AvgIpc) is 3.25. The SMILES string of the molecule is COCCn1c(-c2ccc(C(C)C)cc2)nc2c(C(F)(F)F)c(Cc3cccnc3OC(C)C)cc(OC)c21. The van der Waals surface area contributed by atoms with Crippen molar-refractivity contribution in [2.24, 2.45) is 0 Å². The molecular weight excluding hydrogens is 507 g/mol. The van der Waals surface area contributed by atoms with E-state index in [4.69, 9.17) is 14.2 Å². The smallest absolute Gasteiger partial charge is 0.418 e. The Labute approximate surface area is 226 Å². The lowest BCUT2D eigenvalue weighted by Gasteiger charge is -2.18. The molecule has 0 radical (unpaired) electrons. The van der Waals surface area contributed by atoms with Crippen LogP contribution in [0.3, 0.4) is 0 Å². The van der Waals surface area contributed by atoms with Crippen molar-refractivity contribution in [3.05, 3.63) is 70.9 Å². The molecule has 0 aliphatic heterocycles. The molecule has 0 aliphatic rings. The summed E-state index contributed by atoms with van der Waals surface area (Å²) in [6.07, 6.45) is -3.34. The first-order valence-electron chi connectivity index (χ1n) is 12.9. The number of methoxy groups -OCH3 is 2. The van der Waals surface area contributed by atoms with Crippen LogP contribution in [-0.4, -0.2) is 41.5 Å². The summed E-state index contributed by atoms with van der Waals surface area (Å²) >= 11 is 0. The molecule has 0 bridgehead atoms. The number of ether oxygens (including phenoxy) is 3. The minimum absolute atomic E-state index is 0.0338. The summed E-state index contributed by atoms with van der Waals surface area (Å²) < 4.78 is 62.9. The normalized spacial score (nSPS) is 12.1. The zero-order valence-corrected chi connectivity index (χ0v) is 23.1. The summed E-state index contributed by atoms with van der Waals surface area (Å²) in [6, 6.07) is 12.6. The van der Waals surface area contributed by atoms with Gasteiger partial charge in [-0.15, -0.1) is 0 Å². The van der Waals surface area contributed by atoms with Crippen molar-refractivity contribution in [1.29, 1.82) is 0 Å². The van der Waals surface area contributed by atoms with Crippen LogP contribution in [0, 0.1) is 0 Å². The second kappa shape index (κ2) is 11.7. The van der Waals surface area contributed by atoms with Gasteiger partial charge in [-0.1, -0.05) is 44.2 Å². The molecule has 39 heavy (non-hydrogen) atoms. The number of hydrogen-bond acceptors (Lipinski definition) is 5. The summed E-state index contributed by atoms with van der Waals surface area (Å²) in [5, 5.41) is 0. The predicted molar refractivity (Wildman–Crippen MR) is 145 cm³/mol. The lowest BCUT2D eigenvalue weighted by atomic mass is 9.97. The van der Waals surface area contributed by atoms with E-state index in [1.807, 2.05) is 38.1 Å². The Hall–Kier alpha value is -3.59. The minimum atomic E-state index is -4.67. The topological polar surface area (TPSA) is 58.4 Å². The van der Waals surface area contributed by atoms with Crippen LogP contribution >= 0.6 is 0 Å². The zero-order valence-electron chi connectivity index (χ0n) is 23.1. The van der Waals surface area contributed by atoms with Crippen LogP contribution in [0.15, 0.2) is 48.7 Å². The fourth-order valence-corrected chi connectivity index (χ4v) is 4.67. The van der Waals surface area contributed by atoms with Gasteiger partial charge in [0.2, 0.25) is 5.88 Å². The van der Waals surface area contributed by atoms with E-state index in [0.717, 1.165) is 5.56 Å². The minimum Gasteiger partial charge on any atom is -0.494 e. The second-order valence-electron chi connectivity index (χ2n) is 9.98. The van der Waals surface area contributed by atoms with Crippen LogP contribution in [0.25, 0.3) is 22.4 Å². The Balaban J connectivity index is 1.98. The Morgan fingerprint density at radius 2 is 1.69 bits per heavy atom. The van der Waals surface area contributed by atoms with E-state index in [1.165, 1.54) is 13.2 Å². The van der Waals surface area contributed by atoms with E-state index in [-0.39, 0.29) is 29.1 Å². The van der Waals surface area contributed by atoms with Crippen LogP contribution in [0.1, 0.15) is 55.9 Å². The van der Waals surface area contributed by atoms with Gasteiger partial charge in [-0.2, -0.15) is 13.2 Å². The van der Waals surface area contributed by atoms with Gasteiger partial charge in [-0.25, -0.2) is 9.97 Å². The molecule has 0 saturated carbocycles. The highest BCUT2D eigenvalue weighted by Gasteiger charge is 2.39. The summed E-state index contributed by atoms with van der Waals surface area (Å²) in [4.78, 5) is 8.87. The Morgan fingerprint density at radius 3 is 2.28 bits per heavy atom. The van der Waals surface area contributed by atoms with Gasteiger partial charge in [-0.05, 0) is 43.0 Å². The van der Waals surface area contributed by atoms with Gasteiger partial charge < -0.3 is 18.8 Å². The molecule has 0 amide bonds. The molecule has 0 fully saturated rings. The van der Waals surface area contributed by atoms with Crippen LogP contribution in [0.5, 0.6) is 11.6 Å². The van der Waals surface area contributed by atoms with Crippen LogP contribution in [0.4, 0.5) is 13.2 Å². The molecule has 4 aromatic rings. The first kappa shape index (κ1) is 28.4. The standard InChI is InChI=1S/C30H34F3N3O3/c1-18(2)20-9-11-21(12-10-20)28-35-26-25(30(31,32)33)23(16-22-8-7-13-34-29(22)39-19(3)4)17-24(38-6)27(26)36(28)14-15-37-5/h7-13,17-19H,14-16H2,1-6H3. The highest BCUT2D eigenvalue weighted by molar-refractivity contribution is 5.90. The van der Waals surface area contributed by atoms with Gasteiger partial charge in [-0.3, -0.25) is 0 Å². The molecule has 0 saturated heterocycles. The zero-order chi connectivity index (χ0) is 28.3. The largest absolute Gasteiger partial charge is 0.494 e. The van der Waals surface area contributed by atoms with E-state index in [2.05, 4.69) is 23.8 Å². The Morgan fingerprint density at radius 1 is 0.974 bits per heavy atom. The maximum absolute atomic E-state index is 14.8. The highest BCUT2D eigenvalue weighted by Crippen LogP contribution is 2.43. The number of imidazole rings is 1. The molecule has 0 spiro atoms. The fourth-order valence-electron chi connectivity index (χ4n) is 4.67.